The van der Waals surface area contributed by atoms with Gasteiger partial charge in [-0.25, -0.2) is 0 Å². The molecule has 0 bridgehead atoms. The zero-order valence-corrected chi connectivity index (χ0v) is 18.0. The lowest BCUT2D eigenvalue weighted by atomic mass is 10.1. The number of hydrogen-bond donors (Lipinski definition) is 4. The highest BCUT2D eigenvalue weighted by Crippen LogP contribution is 2.36. The molecule has 0 atom stereocenters. The quantitative estimate of drug-likeness (QED) is 0.371. The van der Waals surface area contributed by atoms with Gasteiger partial charge in [0.2, 0.25) is 0 Å². The molecule has 0 aliphatic carbocycles. The molecule has 10 nitrogen and oxygen atoms in total. The molecule has 0 spiro atoms. The van der Waals surface area contributed by atoms with Crippen LogP contribution in [0.4, 0.5) is 11.5 Å². The molecule has 3 heterocycles. The molecule has 0 saturated heterocycles. The molecule has 0 radical (unpaired) electrons. The Morgan fingerprint density at radius 2 is 2.03 bits per heavy atom. The van der Waals surface area contributed by atoms with Crippen molar-refractivity contribution in [3.05, 3.63) is 65.5 Å². The number of nitrogens with one attached hydrogen (secondary N) is 2. The van der Waals surface area contributed by atoms with Gasteiger partial charge in [-0.3, -0.25) is 14.6 Å². The van der Waals surface area contributed by atoms with Crippen molar-refractivity contribution < 1.29 is 19.7 Å². The van der Waals surface area contributed by atoms with E-state index in [1.165, 1.54) is 6.07 Å². The van der Waals surface area contributed by atoms with Crippen LogP contribution in [0.3, 0.4) is 0 Å². The van der Waals surface area contributed by atoms with Crippen molar-refractivity contribution in [2.75, 3.05) is 12.4 Å². The fourth-order valence-electron chi connectivity index (χ4n) is 3.95. The van der Waals surface area contributed by atoms with E-state index in [9.17, 15) is 15.0 Å². The molecule has 0 saturated carbocycles. The largest absolute Gasteiger partial charge is 0.508 e. The number of benzene rings is 2. The van der Waals surface area contributed by atoms with E-state index in [2.05, 4.69) is 20.6 Å². The van der Waals surface area contributed by atoms with Gasteiger partial charge in [0.25, 0.3) is 5.91 Å². The van der Waals surface area contributed by atoms with Gasteiger partial charge in [-0.2, -0.15) is 10.2 Å². The van der Waals surface area contributed by atoms with Crippen LogP contribution in [-0.4, -0.2) is 48.1 Å². The Labute approximate surface area is 189 Å². The lowest BCUT2D eigenvalue weighted by Gasteiger charge is -2.19. The maximum Gasteiger partial charge on any atom is 0.260 e. The van der Waals surface area contributed by atoms with Gasteiger partial charge >= 0.3 is 0 Å². The molecule has 10 heteroatoms. The first-order valence-electron chi connectivity index (χ1n) is 10.2. The second-order valence-electron chi connectivity index (χ2n) is 7.82. The summed E-state index contributed by atoms with van der Waals surface area (Å²) in [6.07, 6.45) is 1.69. The summed E-state index contributed by atoms with van der Waals surface area (Å²) in [5.74, 6) is 0.436. The predicted molar refractivity (Wildman–Crippen MR) is 120 cm³/mol. The van der Waals surface area contributed by atoms with E-state index in [-0.39, 0.29) is 28.7 Å². The number of aryl methyl sites for hydroxylation is 1. The summed E-state index contributed by atoms with van der Waals surface area (Å²) < 4.78 is 6.91. The minimum atomic E-state index is -0.366. The fraction of sp³-hybridized carbons (Fsp3) is 0.174. The van der Waals surface area contributed by atoms with Gasteiger partial charge in [-0.05, 0) is 12.1 Å². The minimum absolute atomic E-state index is 0.0649. The first kappa shape index (κ1) is 20.4. The number of hydrogen-bond acceptors (Lipinski definition) is 7. The molecule has 33 heavy (non-hydrogen) atoms. The van der Waals surface area contributed by atoms with E-state index in [1.54, 1.807) is 29.9 Å². The highest BCUT2D eigenvalue weighted by molar-refractivity contribution is 6.03. The van der Waals surface area contributed by atoms with Gasteiger partial charge in [0.05, 0.1) is 36.9 Å². The van der Waals surface area contributed by atoms with Gasteiger partial charge in [0.1, 0.15) is 28.6 Å². The predicted octanol–water partition coefficient (Wildman–Crippen LogP) is 3.13. The molecule has 4 aromatic rings. The molecule has 0 fully saturated rings. The number of amides is 1. The number of methoxy groups -OCH3 is 1. The zero-order valence-electron chi connectivity index (χ0n) is 18.0. The number of ether oxygens (including phenoxy) is 1. The number of phenols is 2. The number of aromatic hydroxyl groups is 2. The average molecular weight is 446 g/mol. The number of phenolic OH excluding ortho intramolecular Hbond substituents is 2. The molecule has 2 aromatic carbocycles. The van der Waals surface area contributed by atoms with Crippen LogP contribution in [0.1, 0.15) is 21.6 Å². The minimum Gasteiger partial charge on any atom is -0.508 e. The third kappa shape index (κ3) is 3.71. The van der Waals surface area contributed by atoms with E-state index in [0.717, 1.165) is 22.9 Å². The molecule has 0 unspecified atom stereocenters. The highest BCUT2D eigenvalue weighted by atomic mass is 16.5. The summed E-state index contributed by atoms with van der Waals surface area (Å²) in [6, 6.07) is 11.9. The van der Waals surface area contributed by atoms with Crippen molar-refractivity contribution in [2.45, 2.75) is 13.1 Å². The second kappa shape index (κ2) is 7.90. The van der Waals surface area contributed by atoms with Crippen molar-refractivity contribution in [1.29, 1.82) is 0 Å². The van der Waals surface area contributed by atoms with Crippen molar-refractivity contribution in [3.8, 4) is 28.5 Å². The Morgan fingerprint density at radius 1 is 1.18 bits per heavy atom. The standard InChI is InChI=1S/C23H22N6O4/c1-28-21(9-17(27-28)13-4-3-5-16(6-13)33-2)25-18-7-15(30)8-20(31)22(18)23(32)29-11-14-10-24-26-19(14)12-29/h3-10,25,30-31H,11-12H2,1-2H3,(H,24,26). The molecule has 1 amide bonds. The number of carbonyl (C=O) groups excluding carboxylic acids is 1. The summed E-state index contributed by atoms with van der Waals surface area (Å²) in [5.41, 5.74) is 3.69. The molecule has 4 N–H and O–H groups in total. The Kier molecular flexibility index (Phi) is 4.89. The number of fused-ring (bicyclic) bond motifs is 1. The number of aromatic nitrogens is 4. The third-order valence-electron chi connectivity index (χ3n) is 5.63. The Morgan fingerprint density at radius 3 is 2.82 bits per heavy atom. The summed E-state index contributed by atoms with van der Waals surface area (Å²) in [5, 5.41) is 35.2. The molecule has 1 aliphatic heterocycles. The molecule has 1 aliphatic rings. The SMILES string of the molecule is COc1cccc(-c2cc(Nc3cc(O)cc(O)c3C(=O)N3Cc4cn[nH]c4C3)n(C)n2)c1. The Hall–Kier alpha value is -4.47. The fourth-order valence-corrected chi connectivity index (χ4v) is 3.95. The van der Waals surface area contributed by atoms with E-state index < -0.39 is 0 Å². The molecular formula is C23H22N6O4. The van der Waals surface area contributed by atoms with Crippen LogP contribution in [-0.2, 0) is 20.1 Å². The maximum absolute atomic E-state index is 13.3. The van der Waals surface area contributed by atoms with Crippen LogP contribution < -0.4 is 10.1 Å². The number of rotatable bonds is 5. The van der Waals surface area contributed by atoms with Crippen molar-refractivity contribution in [1.82, 2.24) is 24.9 Å². The summed E-state index contributed by atoms with van der Waals surface area (Å²) in [4.78, 5) is 14.9. The van der Waals surface area contributed by atoms with Gasteiger partial charge in [0.15, 0.2) is 0 Å². The topological polar surface area (TPSA) is 129 Å². The molecule has 168 valence electrons. The van der Waals surface area contributed by atoms with Crippen molar-refractivity contribution in [2.24, 2.45) is 7.05 Å². The summed E-state index contributed by atoms with van der Waals surface area (Å²) in [6.45, 7) is 0.746. The van der Waals surface area contributed by atoms with Crippen molar-refractivity contribution in [3.63, 3.8) is 0 Å². The van der Waals surface area contributed by atoms with Gasteiger partial charge in [0, 0.05) is 42.9 Å². The monoisotopic (exact) mass is 446 g/mol. The Balaban J connectivity index is 1.47. The smallest absolute Gasteiger partial charge is 0.260 e. The van der Waals surface area contributed by atoms with Gasteiger partial charge < -0.3 is 25.2 Å². The van der Waals surface area contributed by atoms with E-state index in [4.69, 9.17) is 4.74 Å². The molecular weight excluding hydrogens is 424 g/mol. The first-order valence-corrected chi connectivity index (χ1v) is 10.2. The van der Waals surface area contributed by atoms with Crippen LogP contribution in [0.25, 0.3) is 11.3 Å². The van der Waals surface area contributed by atoms with Gasteiger partial charge in [-0.1, -0.05) is 12.1 Å². The average Bonchev–Trinajstić information content (AvgIpc) is 3.49. The van der Waals surface area contributed by atoms with Crippen LogP contribution in [0.2, 0.25) is 0 Å². The third-order valence-corrected chi connectivity index (χ3v) is 5.63. The number of nitrogens with zero attached hydrogens (tertiary/aromatic N) is 4. The van der Waals surface area contributed by atoms with Crippen LogP contribution in [0.5, 0.6) is 17.2 Å². The summed E-state index contributed by atoms with van der Waals surface area (Å²) in [7, 11) is 3.36. The van der Waals surface area contributed by atoms with Crippen LogP contribution in [0.15, 0.2) is 48.7 Å². The summed E-state index contributed by atoms with van der Waals surface area (Å²) >= 11 is 0. The van der Waals surface area contributed by atoms with Gasteiger partial charge in [-0.15, -0.1) is 0 Å². The van der Waals surface area contributed by atoms with Crippen LogP contribution >= 0.6 is 0 Å². The lowest BCUT2D eigenvalue weighted by Crippen LogP contribution is -2.26. The Bertz CT molecular complexity index is 1340. The lowest BCUT2D eigenvalue weighted by molar-refractivity contribution is 0.0747. The van der Waals surface area contributed by atoms with E-state index in [0.29, 0.717) is 30.4 Å². The highest BCUT2D eigenvalue weighted by Gasteiger charge is 2.29. The van der Waals surface area contributed by atoms with Crippen LogP contribution in [0, 0.1) is 0 Å². The molecule has 5 rings (SSSR count). The van der Waals surface area contributed by atoms with Crippen molar-refractivity contribution >= 4 is 17.4 Å². The number of anilines is 2. The number of carbonyl (C=O) groups is 1. The normalized spacial score (nSPS) is 12.6. The second-order valence-corrected chi connectivity index (χ2v) is 7.82. The first-order chi connectivity index (χ1) is 15.9. The molecule has 2 aromatic heterocycles. The zero-order chi connectivity index (χ0) is 23.1. The maximum atomic E-state index is 13.3. The number of aromatic amines is 1. The van der Waals surface area contributed by atoms with E-state index >= 15 is 0 Å². The van der Waals surface area contributed by atoms with E-state index in [1.807, 2.05) is 30.3 Å². The number of H-pyrrole nitrogens is 1.